The van der Waals surface area contributed by atoms with Crippen molar-refractivity contribution in [3.8, 4) is 0 Å². The molecule has 0 aliphatic carbocycles. The molecule has 15 heavy (non-hydrogen) atoms. The second-order valence-electron chi connectivity index (χ2n) is 4.94. The summed E-state index contributed by atoms with van der Waals surface area (Å²) in [5, 5.41) is 1.97. The fourth-order valence-electron chi connectivity index (χ4n) is 1.15. The summed E-state index contributed by atoms with van der Waals surface area (Å²) in [5.74, 6) is -1.45. The molecule has 4 amide bonds. The summed E-state index contributed by atoms with van der Waals surface area (Å²) >= 11 is 0. The zero-order chi connectivity index (χ0) is 11.8. The number of rotatable bonds is 2. The molecule has 84 valence electrons. The van der Waals surface area contributed by atoms with E-state index in [1.165, 1.54) is 0 Å². The number of hydrogen-bond donors (Lipinski definition) is 1. The summed E-state index contributed by atoms with van der Waals surface area (Å²) in [6.45, 7) is 8.30. The Morgan fingerprint density at radius 1 is 1.27 bits per heavy atom. The minimum Gasteiger partial charge on any atom is -0.269 e. The van der Waals surface area contributed by atoms with Crippen LogP contribution in [0.5, 0.6) is 0 Å². The molecule has 0 spiro atoms. The number of nitrogens with one attached hydrogen (secondary N) is 1. The van der Waals surface area contributed by atoms with E-state index in [2.05, 4.69) is 0 Å². The molecule has 1 atom stereocenters. The second-order valence-corrected chi connectivity index (χ2v) is 4.94. The Balaban J connectivity index is 2.71. The zero-order valence-corrected chi connectivity index (χ0v) is 9.46. The third kappa shape index (κ3) is 2.34. The van der Waals surface area contributed by atoms with E-state index in [4.69, 9.17) is 0 Å². The molecule has 1 saturated heterocycles. The molecular formula is C10H16N2O3. The molecule has 0 aromatic heterocycles. The van der Waals surface area contributed by atoms with Crippen LogP contribution in [0.2, 0.25) is 0 Å². The van der Waals surface area contributed by atoms with Gasteiger partial charge in [-0.25, -0.2) is 4.79 Å². The van der Waals surface area contributed by atoms with Crippen LogP contribution in [0.4, 0.5) is 4.79 Å². The molecule has 1 fully saturated rings. The highest BCUT2D eigenvalue weighted by Crippen LogP contribution is 2.26. The summed E-state index contributed by atoms with van der Waals surface area (Å²) in [5.41, 5.74) is -0.00774. The van der Waals surface area contributed by atoms with Crippen molar-refractivity contribution < 1.29 is 14.4 Å². The van der Waals surface area contributed by atoms with Crippen LogP contribution in [0.15, 0.2) is 0 Å². The topological polar surface area (TPSA) is 66.5 Å². The molecule has 5 nitrogen and oxygen atoms in total. The van der Waals surface area contributed by atoms with E-state index >= 15 is 0 Å². The van der Waals surface area contributed by atoms with Crippen molar-refractivity contribution in [2.75, 3.05) is 6.54 Å². The van der Waals surface area contributed by atoms with Gasteiger partial charge in [-0.15, -0.1) is 0 Å². The number of carbonyl (C=O) groups is 3. The highest BCUT2D eigenvalue weighted by Gasteiger charge is 2.38. The molecule has 0 aromatic rings. The molecule has 1 aliphatic rings. The summed E-state index contributed by atoms with van der Waals surface area (Å²) in [6, 6.07) is -0.610. The van der Waals surface area contributed by atoms with Gasteiger partial charge in [0.15, 0.2) is 0 Å². The van der Waals surface area contributed by atoms with Gasteiger partial charge in [0.1, 0.15) is 0 Å². The maximum atomic E-state index is 11.3. The number of urea groups is 1. The lowest BCUT2D eigenvalue weighted by atomic mass is 9.82. The van der Waals surface area contributed by atoms with Crippen LogP contribution in [0, 0.1) is 11.3 Å². The van der Waals surface area contributed by atoms with Gasteiger partial charge in [-0.3, -0.25) is 19.8 Å². The van der Waals surface area contributed by atoms with Crippen molar-refractivity contribution in [2.24, 2.45) is 11.3 Å². The van der Waals surface area contributed by atoms with Crippen LogP contribution in [-0.4, -0.2) is 29.3 Å². The summed E-state index contributed by atoms with van der Waals surface area (Å²) in [7, 11) is 0. The number of amides is 4. The van der Waals surface area contributed by atoms with Crippen molar-refractivity contribution in [1.29, 1.82) is 0 Å². The Morgan fingerprint density at radius 3 is 2.13 bits per heavy atom. The van der Waals surface area contributed by atoms with Crippen LogP contribution in [-0.2, 0) is 9.59 Å². The Kier molecular flexibility index (Phi) is 2.83. The van der Waals surface area contributed by atoms with Crippen LogP contribution < -0.4 is 5.32 Å². The quantitative estimate of drug-likeness (QED) is 0.542. The van der Waals surface area contributed by atoms with E-state index in [0.29, 0.717) is 0 Å². The number of nitrogens with zero attached hydrogens (tertiary/aromatic N) is 1. The summed E-state index contributed by atoms with van der Waals surface area (Å²) in [4.78, 5) is 34.4. The molecule has 1 rings (SSSR count). The molecule has 0 radical (unpaired) electrons. The van der Waals surface area contributed by atoms with Gasteiger partial charge in [-0.2, -0.15) is 0 Å². The first-order chi connectivity index (χ1) is 6.73. The third-order valence-corrected chi connectivity index (χ3v) is 2.84. The van der Waals surface area contributed by atoms with Crippen molar-refractivity contribution in [3.63, 3.8) is 0 Å². The third-order valence-electron chi connectivity index (χ3n) is 2.84. The van der Waals surface area contributed by atoms with Gasteiger partial charge in [-0.05, 0) is 11.3 Å². The first kappa shape index (κ1) is 11.7. The van der Waals surface area contributed by atoms with Crippen molar-refractivity contribution >= 4 is 17.8 Å². The number of hydrogen-bond acceptors (Lipinski definition) is 3. The molecule has 1 unspecified atom stereocenters. The average Bonchev–Trinajstić information content (AvgIpc) is 2.30. The first-order valence-corrected chi connectivity index (χ1v) is 4.90. The number of carbonyl (C=O) groups excluding carboxylic acids is 3. The Hall–Kier alpha value is -1.39. The van der Waals surface area contributed by atoms with Gasteiger partial charge in [0.2, 0.25) is 0 Å². The van der Waals surface area contributed by atoms with E-state index in [1.54, 1.807) is 0 Å². The van der Waals surface area contributed by atoms with Crippen LogP contribution in [0.3, 0.4) is 0 Å². The second kappa shape index (κ2) is 3.64. The van der Waals surface area contributed by atoms with E-state index in [9.17, 15) is 14.4 Å². The summed E-state index contributed by atoms with van der Waals surface area (Å²) in [6.07, 6.45) is 0. The highest BCUT2D eigenvalue weighted by atomic mass is 16.2. The minimum atomic E-state index is -0.832. The van der Waals surface area contributed by atoms with Gasteiger partial charge >= 0.3 is 17.8 Å². The van der Waals surface area contributed by atoms with Gasteiger partial charge < -0.3 is 0 Å². The molecular weight excluding hydrogens is 196 g/mol. The maximum absolute atomic E-state index is 11.3. The van der Waals surface area contributed by atoms with Crippen molar-refractivity contribution in [2.45, 2.75) is 27.7 Å². The van der Waals surface area contributed by atoms with E-state index < -0.39 is 17.8 Å². The Bertz CT molecular complexity index is 317. The monoisotopic (exact) mass is 212 g/mol. The highest BCUT2D eigenvalue weighted by molar-refractivity contribution is 6.44. The standard InChI is InChI=1S/C10H16N2O3/c1-6(10(2,3)4)5-12-8(14)7(13)11-9(12)15/h6H,5H2,1-4H3,(H,11,13,15). The molecule has 0 saturated carbocycles. The maximum Gasteiger partial charge on any atom is 0.331 e. The predicted molar refractivity (Wildman–Crippen MR) is 53.9 cm³/mol. The Morgan fingerprint density at radius 2 is 1.80 bits per heavy atom. The van der Waals surface area contributed by atoms with Gasteiger partial charge in [-0.1, -0.05) is 27.7 Å². The molecule has 1 aliphatic heterocycles. The average molecular weight is 212 g/mol. The largest absolute Gasteiger partial charge is 0.331 e. The molecule has 0 bridgehead atoms. The van der Waals surface area contributed by atoms with E-state index in [1.807, 2.05) is 33.0 Å². The van der Waals surface area contributed by atoms with Crippen molar-refractivity contribution in [3.05, 3.63) is 0 Å². The zero-order valence-electron chi connectivity index (χ0n) is 9.46. The Labute approximate surface area is 88.8 Å². The summed E-state index contributed by atoms with van der Waals surface area (Å²) < 4.78 is 0. The van der Waals surface area contributed by atoms with E-state index in [-0.39, 0.29) is 17.9 Å². The smallest absolute Gasteiger partial charge is 0.269 e. The molecule has 1 heterocycles. The van der Waals surface area contributed by atoms with Crippen LogP contribution in [0.1, 0.15) is 27.7 Å². The van der Waals surface area contributed by atoms with Crippen LogP contribution >= 0.6 is 0 Å². The van der Waals surface area contributed by atoms with Crippen LogP contribution in [0.25, 0.3) is 0 Å². The lowest BCUT2D eigenvalue weighted by Crippen LogP contribution is -2.38. The SMILES string of the molecule is CC(CN1C(=O)NC(=O)C1=O)C(C)(C)C. The lowest BCUT2D eigenvalue weighted by Gasteiger charge is -2.29. The predicted octanol–water partition coefficient (Wildman–Crippen LogP) is 0.747. The normalized spacial score (nSPS) is 19.5. The fourth-order valence-corrected chi connectivity index (χ4v) is 1.15. The molecule has 1 N–H and O–H groups in total. The fraction of sp³-hybridized carbons (Fsp3) is 0.700. The minimum absolute atomic E-state index is 0.00774. The first-order valence-electron chi connectivity index (χ1n) is 4.90. The van der Waals surface area contributed by atoms with Gasteiger partial charge in [0.05, 0.1) is 0 Å². The molecule has 5 heteroatoms. The molecule has 0 aromatic carbocycles. The van der Waals surface area contributed by atoms with E-state index in [0.717, 1.165) is 4.90 Å². The lowest BCUT2D eigenvalue weighted by molar-refractivity contribution is -0.140. The van der Waals surface area contributed by atoms with Crippen molar-refractivity contribution in [1.82, 2.24) is 10.2 Å². The van der Waals surface area contributed by atoms with Gasteiger partial charge in [0.25, 0.3) is 0 Å². The number of imide groups is 2. The van der Waals surface area contributed by atoms with Gasteiger partial charge in [0, 0.05) is 6.54 Å².